The summed E-state index contributed by atoms with van der Waals surface area (Å²) in [6.45, 7) is 2.16. The fourth-order valence-corrected chi connectivity index (χ4v) is 3.78. The van der Waals surface area contributed by atoms with Crippen LogP contribution in [0.2, 0.25) is 0 Å². The highest BCUT2D eigenvalue weighted by Gasteiger charge is 2.15. The number of amides is 1. The number of hydrogen-bond acceptors (Lipinski definition) is 6. The van der Waals surface area contributed by atoms with E-state index in [9.17, 15) is 4.79 Å². The number of carbonyl (C=O) groups excluding carboxylic acids is 1. The first kappa shape index (κ1) is 18.1. The van der Waals surface area contributed by atoms with E-state index in [4.69, 9.17) is 4.52 Å². The molecule has 28 heavy (non-hydrogen) atoms. The number of thiazole rings is 1. The maximum absolute atomic E-state index is 12.4. The molecule has 0 atom stereocenters. The van der Waals surface area contributed by atoms with Crippen LogP contribution in [0.15, 0.2) is 65.2 Å². The SMILES string of the molecule is Cc1nc(-c2ccccc2)c(CC(=O)NCc2noc(-c3ccccc3)n2)s1. The third kappa shape index (κ3) is 4.15. The molecule has 1 amide bonds. The molecule has 1 N–H and O–H groups in total. The van der Waals surface area contributed by atoms with E-state index in [1.54, 1.807) is 0 Å². The van der Waals surface area contributed by atoms with Gasteiger partial charge in [0.1, 0.15) is 0 Å². The Bertz CT molecular complexity index is 1070. The van der Waals surface area contributed by atoms with Gasteiger partial charge >= 0.3 is 0 Å². The van der Waals surface area contributed by atoms with Gasteiger partial charge in [0.15, 0.2) is 5.82 Å². The van der Waals surface area contributed by atoms with Crippen molar-refractivity contribution in [3.05, 3.63) is 76.4 Å². The topological polar surface area (TPSA) is 80.9 Å². The van der Waals surface area contributed by atoms with Crippen molar-refractivity contribution in [1.29, 1.82) is 0 Å². The predicted molar refractivity (Wildman–Crippen MR) is 108 cm³/mol. The Kier molecular flexibility index (Phi) is 5.25. The van der Waals surface area contributed by atoms with Crippen molar-refractivity contribution >= 4 is 17.2 Å². The average molecular weight is 390 g/mol. The highest BCUT2D eigenvalue weighted by Crippen LogP contribution is 2.28. The Hall–Kier alpha value is -3.32. The summed E-state index contributed by atoms with van der Waals surface area (Å²) in [4.78, 5) is 22.3. The van der Waals surface area contributed by atoms with E-state index < -0.39 is 0 Å². The second-order valence-electron chi connectivity index (χ2n) is 6.21. The minimum absolute atomic E-state index is 0.105. The van der Waals surface area contributed by atoms with E-state index in [1.807, 2.05) is 67.6 Å². The van der Waals surface area contributed by atoms with Gasteiger partial charge in [0.05, 0.1) is 23.7 Å². The van der Waals surface area contributed by atoms with Crippen LogP contribution in [0.3, 0.4) is 0 Å². The van der Waals surface area contributed by atoms with Crippen LogP contribution in [0.5, 0.6) is 0 Å². The lowest BCUT2D eigenvalue weighted by Crippen LogP contribution is -2.25. The quantitative estimate of drug-likeness (QED) is 0.538. The lowest BCUT2D eigenvalue weighted by atomic mass is 10.1. The summed E-state index contributed by atoms with van der Waals surface area (Å²) >= 11 is 1.54. The van der Waals surface area contributed by atoms with Gasteiger partial charge < -0.3 is 9.84 Å². The van der Waals surface area contributed by atoms with Gasteiger partial charge in [0, 0.05) is 16.0 Å². The molecule has 0 aliphatic carbocycles. The summed E-state index contributed by atoms with van der Waals surface area (Å²) in [5.41, 5.74) is 2.73. The smallest absolute Gasteiger partial charge is 0.257 e. The number of nitrogens with one attached hydrogen (secondary N) is 1. The van der Waals surface area contributed by atoms with Crippen LogP contribution in [0.1, 0.15) is 15.7 Å². The molecule has 6 nitrogen and oxygen atoms in total. The number of nitrogens with zero attached hydrogens (tertiary/aromatic N) is 3. The first-order chi connectivity index (χ1) is 13.7. The van der Waals surface area contributed by atoms with Crippen molar-refractivity contribution in [2.24, 2.45) is 0 Å². The monoisotopic (exact) mass is 390 g/mol. The van der Waals surface area contributed by atoms with Gasteiger partial charge in [-0.25, -0.2) is 4.98 Å². The Labute approximate surface area is 166 Å². The fraction of sp³-hybridized carbons (Fsp3) is 0.143. The van der Waals surface area contributed by atoms with Gasteiger partial charge in [-0.3, -0.25) is 4.79 Å². The number of aromatic nitrogens is 3. The van der Waals surface area contributed by atoms with Crippen LogP contribution in [0.25, 0.3) is 22.7 Å². The van der Waals surface area contributed by atoms with Crippen molar-refractivity contribution in [2.75, 3.05) is 0 Å². The number of rotatable bonds is 6. The molecule has 0 spiro atoms. The van der Waals surface area contributed by atoms with Crippen molar-refractivity contribution in [1.82, 2.24) is 20.4 Å². The zero-order chi connectivity index (χ0) is 19.3. The summed E-state index contributed by atoms with van der Waals surface area (Å²) in [5.74, 6) is 0.775. The van der Waals surface area contributed by atoms with Crippen LogP contribution in [0.4, 0.5) is 0 Å². The van der Waals surface area contributed by atoms with Crippen LogP contribution in [-0.2, 0) is 17.8 Å². The van der Waals surface area contributed by atoms with E-state index >= 15 is 0 Å². The molecule has 0 bridgehead atoms. The fourth-order valence-electron chi connectivity index (χ4n) is 2.82. The van der Waals surface area contributed by atoms with Crippen molar-refractivity contribution < 1.29 is 9.32 Å². The largest absolute Gasteiger partial charge is 0.348 e. The molecule has 0 radical (unpaired) electrons. The Balaban J connectivity index is 1.40. The Morgan fingerprint density at radius 1 is 1.00 bits per heavy atom. The maximum Gasteiger partial charge on any atom is 0.257 e. The van der Waals surface area contributed by atoms with Gasteiger partial charge in [0.2, 0.25) is 5.91 Å². The number of aryl methyl sites for hydroxylation is 1. The van der Waals surface area contributed by atoms with E-state index in [2.05, 4.69) is 20.4 Å². The van der Waals surface area contributed by atoms with Crippen LogP contribution in [-0.4, -0.2) is 21.0 Å². The van der Waals surface area contributed by atoms with E-state index in [1.165, 1.54) is 11.3 Å². The molecule has 0 unspecified atom stereocenters. The molecule has 0 fully saturated rings. The maximum atomic E-state index is 12.4. The first-order valence-corrected chi connectivity index (χ1v) is 9.67. The zero-order valence-electron chi connectivity index (χ0n) is 15.3. The van der Waals surface area contributed by atoms with E-state index in [0.29, 0.717) is 11.7 Å². The van der Waals surface area contributed by atoms with Gasteiger partial charge in [-0.2, -0.15) is 4.98 Å². The minimum Gasteiger partial charge on any atom is -0.348 e. The normalized spacial score (nSPS) is 10.8. The highest BCUT2D eigenvalue weighted by molar-refractivity contribution is 7.12. The van der Waals surface area contributed by atoms with Gasteiger partial charge in [-0.15, -0.1) is 11.3 Å². The third-order valence-corrected chi connectivity index (χ3v) is 5.08. The second-order valence-corrected chi connectivity index (χ2v) is 7.49. The van der Waals surface area contributed by atoms with E-state index in [-0.39, 0.29) is 18.9 Å². The van der Waals surface area contributed by atoms with Crippen molar-refractivity contribution in [3.8, 4) is 22.7 Å². The highest BCUT2D eigenvalue weighted by atomic mass is 32.1. The lowest BCUT2D eigenvalue weighted by molar-refractivity contribution is -0.120. The molecule has 0 aliphatic rings. The Morgan fingerprint density at radius 2 is 1.68 bits per heavy atom. The third-order valence-electron chi connectivity index (χ3n) is 4.11. The van der Waals surface area contributed by atoms with Crippen molar-refractivity contribution in [3.63, 3.8) is 0 Å². The minimum atomic E-state index is -0.105. The van der Waals surface area contributed by atoms with Crippen LogP contribution >= 0.6 is 11.3 Å². The molecule has 2 heterocycles. The summed E-state index contributed by atoms with van der Waals surface area (Å²) in [5, 5.41) is 7.72. The molecule has 0 saturated heterocycles. The molecule has 2 aromatic heterocycles. The summed E-state index contributed by atoms with van der Waals surface area (Å²) in [7, 11) is 0. The van der Waals surface area contributed by atoms with Gasteiger partial charge in [-0.1, -0.05) is 53.7 Å². The molecule has 7 heteroatoms. The first-order valence-electron chi connectivity index (χ1n) is 8.85. The molecule has 4 rings (SSSR count). The number of carbonyl (C=O) groups is 1. The average Bonchev–Trinajstić information content (AvgIpc) is 3.34. The van der Waals surface area contributed by atoms with E-state index in [0.717, 1.165) is 26.7 Å². The predicted octanol–water partition coefficient (Wildman–Crippen LogP) is 4.03. The molecular formula is C21H18N4O2S. The summed E-state index contributed by atoms with van der Waals surface area (Å²) in [6.07, 6.45) is 0.263. The molecule has 0 aliphatic heterocycles. The molecular weight excluding hydrogens is 372 g/mol. The van der Waals surface area contributed by atoms with Crippen LogP contribution in [0, 0.1) is 6.92 Å². The summed E-state index contributed by atoms with van der Waals surface area (Å²) < 4.78 is 5.26. The van der Waals surface area contributed by atoms with Gasteiger partial charge in [-0.05, 0) is 19.1 Å². The summed E-state index contributed by atoms with van der Waals surface area (Å²) in [6, 6.07) is 19.4. The molecule has 0 saturated carbocycles. The lowest BCUT2D eigenvalue weighted by Gasteiger charge is -2.03. The van der Waals surface area contributed by atoms with Crippen LogP contribution < -0.4 is 5.32 Å². The standard InChI is InChI=1S/C21H18N4O2S/c1-14-23-20(15-8-4-2-5-9-15)17(28-14)12-19(26)22-13-18-24-21(27-25-18)16-10-6-3-7-11-16/h2-11H,12-13H2,1H3,(H,22,26). The molecule has 140 valence electrons. The zero-order valence-corrected chi connectivity index (χ0v) is 16.1. The van der Waals surface area contributed by atoms with Gasteiger partial charge in [0.25, 0.3) is 5.89 Å². The Morgan fingerprint density at radius 3 is 2.39 bits per heavy atom. The molecule has 2 aromatic carbocycles. The van der Waals surface area contributed by atoms with Crippen molar-refractivity contribution in [2.45, 2.75) is 19.9 Å². The molecule has 4 aromatic rings. The number of hydrogen-bond donors (Lipinski definition) is 1. The second kappa shape index (κ2) is 8.14. The number of benzene rings is 2.